The molecule has 1 atom stereocenters. The molecule has 0 fully saturated rings. The second kappa shape index (κ2) is 5.67. The molecule has 0 spiro atoms. The van der Waals surface area contributed by atoms with Gasteiger partial charge in [-0.15, -0.1) is 11.3 Å². The van der Waals surface area contributed by atoms with E-state index in [0.29, 0.717) is 6.54 Å². The van der Waals surface area contributed by atoms with Gasteiger partial charge in [-0.2, -0.15) is 0 Å². The molecule has 2 rings (SSSR count). The predicted molar refractivity (Wildman–Crippen MR) is 75.9 cm³/mol. The molecular formula is C13H14BrNOS. The van der Waals surface area contributed by atoms with Gasteiger partial charge in [-0.1, -0.05) is 12.1 Å². The lowest BCUT2D eigenvalue weighted by atomic mass is 9.97. The van der Waals surface area contributed by atoms with Gasteiger partial charge in [-0.05, 0) is 45.8 Å². The third kappa shape index (κ3) is 2.89. The molecule has 0 radical (unpaired) electrons. The van der Waals surface area contributed by atoms with E-state index in [1.807, 2.05) is 12.1 Å². The van der Waals surface area contributed by atoms with E-state index in [-0.39, 0.29) is 5.92 Å². The highest BCUT2D eigenvalue weighted by atomic mass is 79.9. The molecule has 2 aromatic rings. The van der Waals surface area contributed by atoms with Crippen LogP contribution < -0.4 is 10.5 Å². The van der Waals surface area contributed by atoms with Crippen molar-refractivity contribution in [2.75, 3.05) is 13.7 Å². The minimum Gasteiger partial charge on any atom is -0.497 e. The molecule has 90 valence electrons. The monoisotopic (exact) mass is 311 g/mol. The molecule has 1 unspecified atom stereocenters. The lowest BCUT2D eigenvalue weighted by Gasteiger charge is -2.13. The fraction of sp³-hybridized carbons (Fsp3) is 0.231. The van der Waals surface area contributed by atoms with Gasteiger partial charge in [0.2, 0.25) is 0 Å². The number of nitrogens with two attached hydrogens (primary N) is 1. The maximum Gasteiger partial charge on any atom is 0.118 e. The summed E-state index contributed by atoms with van der Waals surface area (Å²) >= 11 is 5.21. The van der Waals surface area contributed by atoms with Gasteiger partial charge < -0.3 is 10.5 Å². The number of ether oxygens (including phenoxy) is 1. The Balaban J connectivity index is 2.28. The number of benzene rings is 1. The fourth-order valence-electron chi connectivity index (χ4n) is 1.77. The van der Waals surface area contributed by atoms with Crippen LogP contribution in [0.4, 0.5) is 0 Å². The van der Waals surface area contributed by atoms with Crippen molar-refractivity contribution in [3.05, 3.63) is 50.6 Å². The Labute approximate surface area is 114 Å². The molecule has 0 aliphatic heterocycles. The first-order valence-electron chi connectivity index (χ1n) is 5.34. The summed E-state index contributed by atoms with van der Waals surface area (Å²) < 4.78 is 6.29. The molecule has 0 aliphatic rings. The average molecular weight is 312 g/mol. The zero-order valence-electron chi connectivity index (χ0n) is 9.52. The molecule has 2 N–H and O–H groups in total. The van der Waals surface area contributed by atoms with Crippen LogP contribution in [0.2, 0.25) is 0 Å². The molecule has 0 amide bonds. The number of hydrogen-bond acceptors (Lipinski definition) is 3. The van der Waals surface area contributed by atoms with Crippen molar-refractivity contribution in [1.29, 1.82) is 0 Å². The molecule has 1 aromatic heterocycles. The van der Waals surface area contributed by atoms with Gasteiger partial charge >= 0.3 is 0 Å². The van der Waals surface area contributed by atoms with Gasteiger partial charge in [0.25, 0.3) is 0 Å². The second-order valence-electron chi connectivity index (χ2n) is 3.70. The van der Waals surface area contributed by atoms with Crippen LogP contribution in [-0.4, -0.2) is 13.7 Å². The Bertz CT molecular complexity index is 480. The van der Waals surface area contributed by atoms with Crippen LogP contribution >= 0.6 is 27.3 Å². The molecule has 17 heavy (non-hydrogen) atoms. The third-order valence-electron chi connectivity index (χ3n) is 2.69. The van der Waals surface area contributed by atoms with Crippen LogP contribution in [-0.2, 0) is 0 Å². The van der Waals surface area contributed by atoms with Crippen LogP contribution in [0.3, 0.4) is 0 Å². The Morgan fingerprint density at radius 2 is 1.94 bits per heavy atom. The van der Waals surface area contributed by atoms with E-state index in [9.17, 15) is 0 Å². The zero-order valence-corrected chi connectivity index (χ0v) is 11.9. The van der Waals surface area contributed by atoms with E-state index in [1.54, 1.807) is 18.4 Å². The van der Waals surface area contributed by atoms with E-state index in [2.05, 4.69) is 40.2 Å². The number of hydrogen-bond donors (Lipinski definition) is 1. The topological polar surface area (TPSA) is 35.2 Å². The molecule has 1 aromatic carbocycles. The Hall–Kier alpha value is -0.840. The summed E-state index contributed by atoms with van der Waals surface area (Å²) in [7, 11) is 1.67. The average Bonchev–Trinajstić information content (AvgIpc) is 2.78. The van der Waals surface area contributed by atoms with E-state index in [1.165, 1.54) is 10.4 Å². The number of halogens is 1. The molecule has 0 saturated heterocycles. The van der Waals surface area contributed by atoms with Gasteiger partial charge in [0, 0.05) is 17.3 Å². The smallest absolute Gasteiger partial charge is 0.118 e. The lowest BCUT2D eigenvalue weighted by Crippen LogP contribution is -2.12. The summed E-state index contributed by atoms with van der Waals surface area (Å²) in [6.45, 7) is 0.610. The van der Waals surface area contributed by atoms with Crippen molar-refractivity contribution in [1.82, 2.24) is 0 Å². The Morgan fingerprint density at radius 1 is 1.24 bits per heavy atom. The summed E-state index contributed by atoms with van der Waals surface area (Å²) in [5.74, 6) is 1.13. The molecule has 0 bridgehead atoms. The minimum atomic E-state index is 0.261. The third-order valence-corrected chi connectivity index (χ3v) is 4.43. The summed E-state index contributed by atoms with van der Waals surface area (Å²) in [6.07, 6.45) is 0. The highest BCUT2D eigenvalue weighted by Gasteiger charge is 2.14. The quantitative estimate of drug-likeness (QED) is 0.936. The SMILES string of the molecule is COc1ccc(C(CN)c2ccc(Br)s2)cc1. The maximum absolute atomic E-state index is 5.88. The number of methoxy groups -OCH3 is 1. The van der Waals surface area contributed by atoms with Crippen LogP contribution in [0.1, 0.15) is 16.4 Å². The molecule has 0 aliphatic carbocycles. The van der Waals surface area contributed by atoms with E-state index < -0.39 is 0 Å². The first-order chi connectivity index (χ1) is 8.24. The molecule has 1 heterocycles. The molecule has 4 heteroatoms. The van der Waals surface area contributed by atoms with Crippen LogP contribution in [0.15, 0.2) is 40.2 Å². The van der Waals surface area contributed by atoms with Gasteiger partial charge in [0.15, 0.2) is 0 Å². The summed E-state index contributed by atoms with van der Waals surface area (Å²) in [6, 6.07) is 12.3. The van der Waals surface area contributed by atoms with Crippen molar-refractivity contribution in [3.63, 3.8) is 0 Å². The van der Waals surface area contributed by atoms with Crippen LogP contribution in [0.25, 0.3) is 0 Å². The summed E-state index contributed by atoms with van der Waals surface area (Å²) in [5.41, 5.74) is 7.10. The first-order valence-corrected chi connectivity index (χ1v) is 6.94. The van der Waals surface area contributed by atoms with Crippen molar-refractivity contribution in [3.8, 4) is 5.75 Å². The molecule has 2 nitrogen and oxygen atoms in total. The lowest BCUT2D eigenvalue weighted by molar-refractivity contribution is 0.414. The number of rotatable bonds is 4. The predicted octanol–water partition coefficient (Wildman–Crippen LogP) is 3.61. The van der Waals surface area contributed by atoms with Crippen molar-refractivity contribution >= 4 is 27.3 Å². The van der Waals surface area contributed by atoms with E-state index in [0.717, 1.165) is 9.54 Å². The molecule has 0 saturated carbocycles. The highest BCUT2D eigenvalue weighted by Crippen LogP contribution is 2.32. The maximum atomic E-state index is 5.88. The highest BCUT2D eigenvalue weighted by molar-refractivity contribution is 9.11. The van der Waals surface area contributed by atoms with Crippen LogP contribution in [0, 0.1) is 0 Å². The van der Waals surface area contributed by atoms with Crippen molar-refractivity contribution in [2.45, 2.75) is 5.92 Å². The standard InChI is InChI=1S/C13H14BrNOS/c1-16-10-4-2-9(3-5-10)11(8-15)12-6-7-13(14)17-12/h2-7,11H,8,15H2,1H3. The fourth-order valence-corrected chi connectivity index (χ4v) is 3.33. The largest absolute Gasteiger partial charge is 0.497 e. The Morgan fingerprint density at radius 3 is 2.41 bits per heavy atom. The molecular weight excluding hydrogens is 298 g/mol. The zero-order chi connectivity index (χ0) is 12.3. The minimum absolute atomic E-state index is 0.261. The Kier molecular flexibility index (Phi) is 4.20. The van der Waals surface area contributed by atoms with Crippen molar-refractivity contribution < 1.29 is 4.74 Å². The van der Waals surface area contributed by atoms with Gasteiger partial charge in [0.1, 0.15) is 5.75 Å². The summed E-state index contributed by atoms with van der Waals surface area (Å²) in [4.78, 5) is 1.28. The normalized spacial score (nSPS) is 12.4. The van der Waals surface area contributed by atoms with Gasteiger partial charge in [-0.25, -0.2) is 0 Å². The van der Waals surface area contributed by atoms with Crippen LogP contribution in [0.5, 0.6) is 5.75 Å². The first kappa shape index (κ1) is 12.6. The van der Waals surface area contributed by atoms with E-state index >= 15 is 0 Å². The second-order valence-corrected chi connectivity index (χ2v) is 6.20. The number of thiophene rings is 1. The van der Waals surface area contributed by atoms with E-state index in [4.69, 9.17) is 10.5 Å². The summed E-state index contributed by atoms with van der Waals surface area (Å²) in [5, 5.41) is 0. The van der Waals surface area contributed by atoms with Crippen molar-refractivity contribution in [2.24, 2.45) is 5.73 Å². The van der Waals surface area contributed by atoms with Gasteiger partial charge in [0.05, 0.1) is 10.9 Å². The van der Waals surface area contributed by atoms with Gasteiger partial charge in [-0.3, -0.25) is 0 Å².